The Morgan fingerprint density at radius 1 is 1.14 bits per heavy atom. The number of carbonyl (C=O) groups is 1. The zero-order chi connectivity index (χ0) is 15.0. The lowest BCUT2D eigenvalue weighted by Gasteiger charge is -2.58. The first-order valence-electron chi connectivity index (χ1n) is 9.11. The minimum atomic E-state index is -0.305. The molecule has 120 valence electrons. The Bertz CT molecular complexity index is 559. The van der Waals surface area contributed by atoms with Crippen molar-refractivity contribution in [2.75, 3.05) is 13.2 Å². The van der Waals surface area contributed by atoms with E-state index in [4.69, 9.17) is 9.47 Å². The normalized spacial score (nSPS) is 49.0. The van der Waals surface area contributed by atoms with E-state index in [9.17, 15) is 4.79 Å². The van der Waals surface area contributed by atoms with Crippen molar-refractivity contribution in [3.63, 3.8) is 0 Å². The summed E-state index contributed by atoms with van der Waals surface area (Å²) in [7, 11) is 0. The van der Waals surface area contributed by atoms with Gasteiger partial charge >= 0.3 is 0 Å². The van der Waals surface area contributed by atoms with Gasteiger partial charge in [0, 0.05) is 24.2 Å². The highest BCUT2D eigenvalue weighted by atomic mass is 16.7. The van der Waals surface area contributed by atoms with Gasteiger partial charge in [-0.15, -0.1) is 0 Å². The van der Waals surface area contributed by atoms with Gasteiger partial charge in [0.2, 0.25) is 0 Å². The standard InChI is InChI=1S/C19H26O3/c1-17-5-3-2-4-15(17)16(20)11-13-10-14-12-18(13,17)6-7-19(14)21-8-9-22-19/h4,13-14H,2-3,5-12H2,1H3/t13-,14?,17+,18+/m1/s1. The first kappa shape index (κ1) is 13.7. The fraction of sp³-hybridized carbons (Fsp3) is 0.842. The highest BCUT2D eigenvalue weighted by Gasteiger charge is 2.68. The van der Waals surface area contributed by atoms with Gasteiger partial charge < -0.3 is 9.47 Å². The van der Waals surface area contributed by atoms with Crippen molar-refractivity contribution in [1.29, 1.82) is 0 Å². The molecule has 1 aliphatic heterocycles. The zero-order valence-corrected chi connectivity index (χ0v) is 13.5. The molecule has 3 nitrogen and oxygen atoms in total. The van der Waals surface area contributed by atoms with E-state index in [1.807, 2.05) is 0 Å². The number of carbonyl (C=O) groups excluding carboxylic acids is 1. The van der Waals surface area contributed by atoms with Crippen molar-refractivity contribution in [2.45, 2.75) is 64.1 Å². The lowest BCUT2D eigenvalue weighted by molar-refractivity contribution is -0.221. The number of allylic oxidation sites excluding steroid dienone is 2. The van der Waals surface area contributed by atoms with Crippen LogP contribution in [0.25, 0.3) is 0 Å². The van der Waals surface area contributed by atoms with E-state index in [0.29, 0.717) is 23.0 Å². The zero-order valence-electron chi connectivity index (χ0n) is 13.5. The van der Waals surface area contributed by atoms with Crippen molar-refractivity contribution in [1.82, 2.24) is 0 Å². The smallest absolute Gasteiger partial charge is 0.171 e. The van der Waals surface area contributed by atoms with Gasteiger partial charge in [-0.25, -0.2) is 0 Å². The summed E-state index contributed by atoms with van der Waals surface area (Å²) in [6, 6.07) is 0. The van der Waals surface area contributed by atoms with E-state index in [2.05, 4.69) is 13.0 Å². The fourth-order valence-corrected chi connectivity index (χ4v) is 6.92. The van der Waals surface area contributed by atoms with E-state index in [0.717, 1.165) is 38.9 Å². The van der Waals surface area contributed by atoms with E-state index in [-0.39, 0.29) is 11.2 Å². The van der Waals surface area contributed by atoms with E-state index in [1.54, 1.807) is 0 Å². The molecule has 0 aromatic carbocycles. The molecule has 3 saturated carbocycles. The lowest BCUT2D eigenvalue weighted by Crippen LogP contribution is -2.54. The molecular formula is C19H26O3. The molecule has 2 spiro atoms. The predicted octanol–water partition coefficient (Wildman–Crippen LogP) is 3.63. The van der Waals surface area contributed by atoms with Gasteiger partial charge in [0.15, 0.2) is 11.6 Å². The molecule has 4 aliphatic carbocycles. The van der Waals surface area contributed by atoms with Crippen LogP contribution in [0.15, 0.2) is 11.6 Å². The minimum absolute atomic E-state index is 0.111. The molecule has 1 unspecified atom stereocenters. The third-order valence-corrected chi connectivity index (χ3v) is 7.93. The number of hydrogen-bond acceptors (Lipinski definition) is 3. The van der Waals surface area contributed by atoms with Crippen LogP contribution in [0.2, 0.25) is 0 Å². The molecule has 0 amide bonds. The van der Waals surface area contributed by atoms with E-state index < -0.39 is 0 Å². The van der Waals surface area contributed by atoms with Crippen LogP contribution >= 0.6 is 0 Å². The molecule has 0 aromatic heterocycles. The Hall–Kier alpha value is -0.670. The topological polar surface area (TPSA) is 35.5 Å². The van der Waals surface area contributed by atoms with Crippen LogP contribution in [0.5, 0.6) is 0 Å². The average Bonchev–Trinajstić information content (AvgIpc) is 3.09. The lowest BCUT2D eigenvalue weighted by atomic mass is 9.46. The molecule has 0 radical (unpaired) electrons. The third-order valence-electron chi connectivity index (χ3n) is 7.93. The van der Waals surface area contributed by atoms with Crippen molar-refractivity contribution in [3.8, 4) is 0 Å². The number of ketones is 1. The second kappa shape index (κ2) is 4.24. The molecule has 4 fully saturated rings. The summed E-state index contributed by atoms with van der Waals surface area (Å²) >= 11 is 0. The van der Waals surface area contributed by atoms with E-state index >= 15 is 0 Å². The van der Waals surface area contributed by atoms with Crippen LogP contribution in [0, 0.1) is 22.7 Å². The molecule has 4 atom stereocenters. The Morgan fingerprint density at radius 3 is 2.77 bits per heavy atom. The number of ether oxygens (including phenoxy) is 2. The summed E-state index contributed by atoms with van der Waals surface area (Å²) in [5.41, 5.74) is 1.62. The molecule has 2 bridgehead atoms. The van der Waals surface area contributed by atoms with Gasteiger partial charge in [0.1, 0.15) is 0 Å². The van der Waals surface area contributed by atoms with Gasteiger partial charge in [-0.05, 0) is 55.4 Å². The maximum atomic E-state index is 12.7. The number of Topliss-reactive ketones (excluding diaryl/α,β-unsaturated/α-hetero) is 1. The quantitative estimate of drug-likeness (QED) is 0.685. The summed E-state index contributed by atoms with van der Waals surface area (Å²) in [4.78, 5) is 12.7. The summed E-state index contributed by atoms with van der Waals surface area (Å²) in [6.07, 6.45) is 11.1. The van der Waals surface area contributed by atoms with Crippen molar-refractivity contribution >= 4 is 5.78 Å². The van der Waals surface area contributed by atoms with Crippen LogP contribution in [0.1, 0.15) is 58.3 Å². The number of hydrogen-bond donors (Lipinski definition) is 0. The largest absolute Gasteiger partial charge is 0.347 e. The first-order chi connectivity index (χ1) is 10.6. The maximum absolute atomic E-state index is 12.7. The van der Waals surface area contributed by atoms with Crippen LogP contribution in [-0.4, -0.2) is 24.8 Å². The van der Waals surface area contributed by atoms with Gasteiger partial charge in [-0.3, -0.25) is 4.79 Å². The molecule has 1 heterocycles. The molecule has 5 rings (SSSR count). The molecule has 1 saturated heterocycles. The van der Waals surface area contributed by atoms with Gasteiger partial charge in [0.05, 0.1) is 13.2 Å². The van der Waals surface area contributed by atoms with Gasteiger partial charge in [-0.2, -0.15) is 0 Å². The number of rotatable bonds is 0. The Morgan fingerprint density at radius 2 is 1.95 bits per heavy atom. The highest BCUT2D eigenvalue weighted by Crippen LogP contribution is 2.72. The summed E-state index contributed by atoms with van der Waals surface area (Å²) in [5, 5.41) is 0. The summed E-state index contributed by atoms with van der Waals surface area (Å²) in [6.45, 7) is 3.89. The predicted molar refractivity (Wildman–Crippen MR) is 82.2 cm³/mol. The van der Waals surface area contributed by atoms with Crippen LogP contribution in [0.4, 0.5) is 0 Å². The van der Waals surface area contributed by atoms with Crippen molar-refractivity contribution in [2.24, 2.45) is 22.7 Å². The molecule has 0 aromatic rings. The van der Waals surface area contributed by atoms with Crippen LogP contribution in [0.3, 0.4) is 0 Å². The second-order valence-corrected chi connectivity index (χ2v) is 8.47. The second-order valence-electron chi connectivity index (χ2n) is 8.47. The molecule has 3 heteroatoms. The van der Waals surface area contributed by atoms with Crippen molar-refractivity contribution in [3.05, 3.63) is 11.6 Å². The van der Waals surface area contributed by atoms with Gasteiger partial charge in [0.25, 0.3) is 0 Å². The molecule has 5 aliphatic rings. The van der Waals surface area contributed by atoms with E-state index in [1.165, 1.54) is 31.3 Å². The highest BCUT2D eigenvalue weighted by molar-refractivity contribution is 5.98. The summed E-state index contributed by atoms with van der Waals surface area (Å²) < 4.78 is 12.2. The Balaban J connectivity index is 1.59. The SMILES string of the molecule is C[C@]12CCCC=C1C(=O)C[C@H]1CC3C[C@@]12CCC31OCCO1. The molecular weight excluding hydrogens is 276 g/mol. The monoisotopic (exact) mass is 302 g/mol. The number of fused-ring (bicyclic) bond motifs is 3. The fourth-order valence-electron chi connectivity index (χ4n) is 6.92. The molecule has 22 heavy (non-hydrogen) atoms. The molecule has 0 N–H and O–H groups in total. The third kappa shape index (κ3) is 1.43. The summed E-state index contributed by atoms with van der Waals surface area (Å²) in [5.74, 6) is 1.19. The Labute approximate surface area is 132 Å². The van der Waals surface area contributed by atoms with Crippen LogP contribution < -0.4 is 0 Å². The van der Waals surface area contributed by atoms with Gasteiger partial charge in [-0.1, -0.05) is 13.0 Å². The maximum Gasteiger partial charge on any atom is 0.171 e. The average molecular weight is 302 g/mol. The van der Waals surface area contributed by atoms with Crippen LogP contribution in [-0.2, 0) is 14.3 Å². The minimum Gasteiger partial charge on any atom is -0.347 e. The Kier molecular flexibility index (Phi) is 2.65. The van der Waals surface area contributed by atoms with Crippen molar-refractivity contribution < 1.29 is 14.3 Å². The first-order valence-corrected chi connectivity index (χ1v) is 9.11.